The maximum Gasteiger partial charge on any atom is 0.497 e. The molecule has 1 heterocycles. The molecule has 0 spiro atoms. The summed E-state index contributed by atoms with van der Waals surface area (Å²) in [6, 6.07) is 1.18. The van der Waals surface area contributed by atoms with Crippen molar-refractivity contribution >= 4 is 24.4 Å². The van der Waals surface area contributed by atoms with Crippen LogP contribution in [0.4, 0.5) is 28.0 Å². The summed E-state index contributed by atoms with van der Waals surface area (Å²) in [5.74, 6) is -1.49. The fourth-order valence-corrected chi connectivity index (χ4v) is 2.49. The molecule has 0 radical (unpaired) electrons. The van der Waals surface area contributed by atoms with Crippen molar-refractivity contribution in [2.75, 3.05) is 5.32 Å². The smallest absolute Gasteiger partial charge is 0.444 e. The van der Waals surface area contributed by atoms with Crippen LogP contribution in [0.25, 0.3) is 0 Å². The quantitative estimate of drug-likeness (QED) is 0.582. The lowest BCUT2D eigenvalue weighted by Crippen LogP contribution is -2.41. The number of nitrogens with one attached hydrogen (secondary N) is 1. The molecule has 1 aromatic carbocycles. The SMILES string of the molecule is CC(C)(C)OC(=O)Nc1cc(C(F)(F)F)c(F)cc1B1OC(C)(C)C(C)(C)O1. The second-order valence-corrected chi connectivity index (χ2v) is 8.63. The molecule has 0 bridgehead atoms. The van der Waals surface area contributed by atoms with E-state index in [2.05, 4.69) is 5.32 Å². The zero-order valence-corrected chi connectivity index (χ0v) is 16.9. The highest BCUT2D eigenvalue weighted by atomic mass is 19.4. The van der Waals surface area contributed by atoms with Crippen molar-refractivity contribution < 1.29 is 36.4 Å². The van der Waals surface area contributed by atoms with Gasteiger partial charge in [0, 0.05) is 11.2 Å². The first-order valence-electron chi connectivity index (χ1n) is 8.69. The fourth-order valence-electron chi connectivity index (χ4n) is 2.49. The Morgan fingerprint density at radius 1 is 1.07 bits per heavy atom. The van der Waals surface area contributed by atoms with Gasteiger partial charge < -0.3 is 14.0 Å². The largest absolute Gasteiger partial charge is 0.497 e. The van der Waals surface area contributed by atoms with Crippen LogP contribution >= 0.6 is 0 Å². The predicted molar refractivity (Wildman–Crippen MR) is 97.0 cm³/mol. The molecule has 0 aromatic heterocycles. The van der Waals surface area contributed by atoms with Gasteiger partial charge in [0.2, 0.25) is 0 Å². The number of carbonyl (C=O) groups excluding carboxylic acids is 1. The predicted octanol–water partition coefficient (Wildman–Crippen LogP) is 4.49. The number of ether oxygens (including phenoxy) is 1. The van der Waals surface area contributed by atoms with Gasteiger partial charge in [0.25, 0.3) is 0 Å². The van der Waals surface area contributed by atoms with Gasteiger partial charge in [-0.15, -0.1) is 0 Å². The van der Waals surface area contributed by atoms with Gasteiger partial charge in [-0.05, 0) is 60.6 Å². The van der Waals surface area contributed by atoms with Crippen molar-refractivity contribution in [1.29, 1.82) is 0 Å². The molecule has 1 saturated heterocycles. The van der Waals surface area contributed by atoms with Crippen LogP contribution in [0.15, 0.2) is 12.1 Å². The van der Waals surface area contributed by atoms with Crippen molar-refractivity contribution in [3.05, 3.63) is 23.5 Å². The number of anilines is 1. The van der Waals surface area contributed by atoms with Gasteiger partial charge >= 0.3 is 19.4 Å². The molecule has 0 saturated carbocycles. The number of carbonyl (C=O) groups is 1. The number of alkyl halides is 3. The summed E-state index contributed by atoms with van der Waals surface area (Å²) in [6.45, 7) is 11.8. The van der Waals surface area contributed by atoms with E-state index in [9.17, 15) is 22.4 Å². The normalized spacial score (nSPS) is 18.9. The van der Waals surface area contributed by atoms with Gasteiger partial charge in [-0.1, -0.05) is 0 Å². The summed E-state index contributed by atoms with van der Waals surface area (Å²) in [4.78, 5) is 12.1. The average Bonchev–Trinajstić information content (AvgIpc) is 2.65. The second kappa shape index (κ2) is 6.91. The summed E-state index contributed by atoms with van der Waals surface area (Å²) in [7, 11) is -1.17. The van der Waals surface area contributed by atoms with Gasteiger partial charge in [-0.2, -0.15) is 13.2 Å². The average molecular weight is 405 g/mol. The van der Waals surface area contributed by atoms with Crippen LogP contribution in [0.1, 0.15) is 54.0 Å². The highest BCUT2D eigenvalue weighted by Gasteiger charge is 2.53. The lowest BCUT2D eigenvalue weighted by molar-refractivity contribution is -0.139. The maximum absolute atomic E-state index is 14.2. The minimum atomic E-state index is -4.94. The van der Waals surface area contributed by atoms with Gasteiger partial charge in [-0.3, -0.25) is 5.32 Å². The Hall–Kier alpha value is -1.81. The number of hydrogen-bond acceptors (Lipinski definition) is 4. The molecule has 0 unspecified atom stereocenters. The molecule has 1 aromatic rings. The molecular formula is C18H24BF4NO4. The Labute approximate surface area is 161 Å². The summed E-state index contributed by atoms with van der Waals surface area (Å²) >= 11 is 0. The van der Waals surface area contributed by atoms with Crippen LogP contribution in [0, 0.1) is 5.82 Å². The number of halogens is 4. The Balaban J connectivity index is 2.50. The van der Waals surface area contributed by atoms with E-state index in [0.717, 1.165) is 0 Å². The Morgan fingerprint density at radius 2 is 1.57 bits per heavy atom. The number of hydrogen-bond donors (Lipinski definition) is 1. The highest BCUT2D eigenvalue weighted by Crippen LogP contribution is 2.38. The molecule has 1 aliphatic heterocycles. The molecule has 0 aliphatic carbocycles. The summed E-state index contributed by atoms with van der Waals surface area (Å²) in [5.41, 5.74) is -4.38. The second-order valence-electron chi connectivity index (χ2n) is 8.63. The number of benzene rings is 1. The van der Waals surface area contributed by atoms with Gasteiger partial charge in [-0.25, -0.2) is 9.18 Å². The lowest BCUT2D eigenvalue weighted by Gasteiger charge is -2.32. The van der Waals surface area contributed by atoms with Crippen molar-refractivity contribution in [3.63, 3.8) is 0 Å². The number of amides is 1. The minimum absolute atomic E-state index is 0.0741. The molecule has 0 atom stereocenters. The summed E-state index contributed by atoms with van der Waals surface area (Å²) in [6.07, 6.45) is -5.92. The van der Waals surface area contributed by atoms with Crippen LogP contribution in [0.3, 0.4) is 0 Å². The molecule has 1 fully saturated rings. The fraction of sp³-hybridized carbons (Fsp3) is 0.611. The first-order chi connectivity index (χ1) is 12.4. The van der Waals surface area contributed by atoms with Gasteiger partial charge in [0.15, 0.2) is 0 Å². The molecule has 1 aliphatic rings. The van der Waals surface area contributed by atoms with Crippen LogP contribution < -0.4 is 10.8 Å². The molecule has 28 heavy (non-hydrogen) atoms. The van der Waals surface area contributed by atoms with Crippen molar-refractivity contribution in [2.45, 2.75) is 71.4 Å². The zero-order valence-electron chi connectivity index (χ0n) is 16.9. The Kier molecular flexibility index (Phi) is 5.55. The summed E-state index contributed by atoms with van der Waals surface area (Å²) in [5, 5.41) is 2.25. The topological polar surface area (TPSA) is 56.8 Å². The van der Waals surface area contributed by atoms with Crippen LogP contribution in [-0.2, 0) is 20.2 Å². The van der Waals surface area contributed by atoms with E-state index in [1.807, 2.05) is 0 Å². The maximum atomic E-state index is 14.2. The van der Waals surface area contributed by atoms with Gasteiger partial charge in [0.1, 0.15) is 11.4 Å². The van der Waals surface area contributed by atoms with E-state index in [4.69, 9.17) is 14.0 Å². The monoisotopic (exact) mass is 405 g/mol. The molecule has 1 N–H and O–H groups in total. The molecule has 1 amide bonds. The van der Waals surface area contributed by atoms with E-state index < -0.39 is 47.6 Å². The van der Waals surface area contributed by atoms with E-state index in [-0.39, 0.29) is 11.2 Å². The molecule has 10 heteroatoms. The van der Waals surface area contributed by atoms with E-state index in [1.54, 1.807) is 48.5 Å². The van der Waals surface area contributed by atoms with E-state index >= 15 is 0 Å². The van der Waals surface area contributed by atoms with Crippen molar-refractivity contribution in [1.82, 2.24) is 0 Å². The zero-order chi connectivity index (χ0) is 21.7. The van der Waals surface area contributed by atoms with Gasteiger partial charge in [0.05, 0.1) is 16.8 Å². The summed E-state index contributed by atoms with van der Waals surface area (Å²) < 4.78 is 70.3. The lowest BCUT2D eigenvalue weighted by atomic mass is 9.77. The molecular weight excluding hydrogens is 381 g/mol. The first-order valence-corrected chi connectivity index (χ1v) is 8.69. The van der Waals surface area contributed by atoms with E-state index in [1.165, 1.54) is 0 Å². The highest BCUT2D eigenvalue weighted by molar-refractivity contribution is 6.64. The minimum Gasteiger partial charge on any atom is -0.444 e. The standard InChI is InChI=1S/C18H24BF4NO4/c1-15(2,3)26-14(25)24-13-8-10(18(21,22)23)12(20)9-11(13)19-27-16(4,5)17(6,7)28-19/h8-9H,1-7H3,(H,24,25). The van der Waals surface area contributed by atoms with E-state index in [0.29, 0.717) is 12.1 Å². The van der Waals surface area contributed by atoms with Crippen molar-refractivity contribution in [2.24, 2.45) is 0 Å². The van der Waals surface area contributed by atoms with Crippen LogP contribution in [0.2, 0.25) is 0 Å². The molecule has 5 nitrogen and oxygen atoms in total. The van der Waals surface area contributed by atoms with Crippen LogP contribution in [-0.4, -0.2) is 30.0 Å². The van der Waals surface area contributed by atoms with Crippen LogP contribution in [0.5, 0.6) is 0 Å². The number of rotatable bonds is 2. The molecule has 2 rings (SSSR count). The molecule has 156 valence electrons. The van der Waals surface area contributed by atoms with Crippen molar-refractivity contribution in [3.8, 4) is 0 Å². The first kappa shape index (κ1) is 22.5. The Morgan fingerprint density at radius 3 is 2.00 bits per heavy atom. The Bertz CT molecular complexity index is 756. The third kappa shape index (κ3) is 4.78. The third-order valence-corrected chi connectivity index (χ3v) is 4.59. The third-order valence-electron chi connectivity index (χ3n) is 4.59.